The molecule has 0 aliphatic rings. The Morgan fingerprint density at radius 1 is 1.33 bits per heavy atom. The lowest BCUT2D eigenvalue weighted by molar-refractivity contribution is 0.417. The van der Waals surface area contributed by atoms with E-state index in [1.807, 2.05) is 20.0 Å². The van der Waals surface area contributed by atoms with Gasteiger partial charge in [-0.25, -0.2) is 9.97 Å². The minimum absolute atomic E-state index is 0.236. The highest BCUT2D eigenvalue weighted by Gasteiger charge is 2.15. The van der Waals surface area contributed by atoms with Crippen molar-refractivity contribution in [1.82, 2.24) is 9.97 Å². The summed E-state index contributed by atoms with van der Waals surface area (Å²) in [5.74, 6) is 0.877. The maximum atomic E-state index is 5.82. The SMILES string of the molecule is Cc1cc(N(C)CC(C)(C)C)nc(Cl)n1. The van der Waals surface area contributed by atoms with E-state index in [0.717, 1.165) is 18.1 Å². The van der Waals surface area contributed by atoms with Crippen LogP contribution in [0, 0.1) is 12.3 Å². The van der Waals surface area contributed by atoms with E-state index in [1.165, 1.54) is 0 Å². The molecular formula is C11H18ClN3. The minimum atomic E-state index is 0.236. The van der Waals surface area contributed by atoms with Crippen LogP contribution >= 0.6 is 11.6 Å². The standard InChI is InChI=1S/C11H18ClN3/c1-8-6-9(14-10(12)13-8)15(5)7-11(2,3)4/h6H,7H2,1-5H3. The van der Waals surface area contributed by atoms with Crippen LogP contribution in [0.1, 0.15) is 26.5 Å². The molecular weight excluding hydrogens is 210 g/mol. The van der Waals surface area contributed by atoms with Crippen molar-refractivity contribution in [3.8, 4) is 0 Å². The molecule has 0 aromatic carbocycles. The molecule has 15 heavy (non-hydrogen) atoms. The number of rotatable bonds is 2. The topological polar surface area (TPSA) is 29.0 Å². The molecule has 0 atom stereocenters. The summed E-state index contributed by atoms with van der Waals surface area (Å²) >= 11 is 5.82. The van der Waals surface area contributed by atoms with Gasteiger partial charge in [0.1, 0.15) is 5.82 Å². The Kier molecular flexibility index (Phi) is 3.55. The van der Waals surface area contributed by atoms with Gasteiger partial charge in [-0.3, -0.25) is 0 Å². The van der Waals surface area contributed by atoms with Gasteiger partial charge in [-0.1, -0.05) is 20.8 Å². The summed E-state index contributed by atoms with van der Waals surface area (Å²) in [5, 5.41) is 0.311. The number of anilines is 1. The lowest BCUT2D eigenvalue weighted by atomic mass is 9.96. The van der Waals surface area contributed by atoms with Gasteiger partial charge in [-0.05, 0) is 23.9 Å². The van der Waals surface area contributed by atoms with Gasteiger partial charge in [-0.15, -0.1) is 0 Å². The zero-order valence-corrected chi connectivity index (χ0v) is 10.8. The summed E-state index contributed by atoms with van der Waals surface area (Å²) in [6, 6.07) is 1.94. The van der Waals surface area contributed by atoms with Gasteiger partial charge in [0.15, 0.2) is 0 Å². The first-order valence-corrected chi connectivity index (χ1v) is 5.38. The third-order valence-corrected chi connectivity index (χ3v) is 2.09. The zero-order valence-electron chi connectivity index (χ0n) is 10.0. The maximum Gasteiger partial charge on any atom is 0.224 e. The normalized spacial score (nSPS) is 11.6. The van der Waals surface area contributed by atoms with E-state index in [2.05, 4.69) is 35.6 Å². The molecule has 0 amide bonds. The Hall–Kier alpha value is -0.830. The van der Waals surface area contributed by atoms with Crippen molar-refractivity contribution >= 4 is 17.4 Å². The van der Waals surface area contributed by atoms with Crippen molar-refractivity contribution in [3.63, 3.8) is 0 Å². The Morgan fingerprint density at radius 2 is 1.93 bits per heavy atom. The van der Waals surface area contributed by atoms with Crippen molar-refractivity contribution in [2.75, 3.05) is 18.5 Å². The van der Waals surface area contributed by atoms with Crippen LogP contribution in [0.25, 0.3) is 0 Å². The fourth-order valence-corrected chi connectivity index (χ4v) is 1.72. The molecule has 0 spiro atoms. The highest BCUT2D eigenvalue weighted by Crippen LogP contribution is 2.19. The van der Waals surface area contributed by atoms with Crippen molar-refractivity contribution in [2.24, 2.45) is 5.41 Å². The molecule has 84 valence electrons. The lowest BCUT2D eigenvalue weighted by Gasteiger charge is -2.27. The summed E-state index contributed by atoms with van der Waals surface area (Å²) in [6.45, 7) is 9.43. The highest BCUT2D eigenvalue weighted by molar-refractivity contribution is 6.28. The van der Waals surface area contributed by atoms with E-state index in [0.29, 0.717) is 5.28 Å². The fraction of sp³-hybridized carbons (Fsp3) is 0.636. The largest absolute Gasteiger partial charge is 0.359 e. The average molecular weight is 228 g/mol. The monoisotopic (exact) mass is 227 g/mol. The summed E-state index contributed by atoms with van der Waals surface area (Å²) in [7, 11) is 2.02. The molecule has 0 aliphatic carbocycles. The molecule has 0 saturated heterocycles. The first-order valence-electron chi connectivity index (χ1n) is 5.00. The third-order valence-electron chi connectivity index (χ3n) is 1.92. The Morgan fingerprint density at radius 3 is 2.40 bits per heavy atom. The summed E-state index contributed by atoms with van der Waals surface area (Å²) in [4.78, 5) is 10.3. The van der Waals surface area contributed by atoms with Crippen LogP contribution in [0.3, 0.4) is 0 Å². The summed E-state index contributed by atoms with van der Waals surface area (Å²) < 4.78 is 0. The summed E-state index contributed by atoms with van der Waals surface area (Å²) in [6.07, 6.45) is 0. The van der Waals surface area contributed by atoms with Gasteiger partial charge < -0.3 is 4.90 Å². The van der Waals surface area contributed by atoms with Crippen LogP contribution < -0.4 is 4.90 Å². The van der Waals surface area contributed by atoms with Gasteiger partial charge in [0.05, 0.1) is 0 Å². The number of hydrogen-bond donors (Lipinski definition) is 0. The van der Waals surface area contributed by atoms with Gasteiger partial charge in [-0.2, -0.15) is 0 Å². The van der Waals surface area contributed by atoms with Gasteiger partial charge >= 0.3 is 0 Å². The molecule has 0 unspecified atom stereocenters. The van der Waals surface area contributed by atoms with Crippen molar-refractivity contribution < 1.29 is 0 Å². The molecule has 0 N–H and O–H groups in total. The number of nitrogens with zero attached hydrogens (tertiary/aromatic N) is 3. The molecule has 0 saturated carbocycles. The Balaban J connectivity index is 2.86. The molecule has 1 rings (SSSR count). The van der Waals surface area contributed by atoms with E-state index in [-0.39, 0.29) is 5.41 Å². The molecule has 3 nitrogen and oxygen atoms in total. The van der Waals surface area contributed by atoms with Crippen LogP contribution in [-0.4, -0.2) is 23.6 Å². The molecule has 0 fully saturated rings. The quantitative estimate of drug-likeness (QED) is 0.728. The van der Waals surface area contributed by atoms with Crippen LogP contribution in [-0.2, 0) is 0 Å². The Labute approximate surface area is 96.5 Å². The molecule has 0 bridgehead atoms. The predicted molar refractivity (Wildman–Crippen MR) is 64.5 cm³/mol. The van der Waals surface area contributed by atoms with Crippen LogP contribution in [0.5, 0.6) is 0 Å². The van der Waals surface area contributed by atoms with E-state index in [9.17, 15) is 0 Å². The van der Waals surface area contributed by atoms with Gasteiger partial charge in [0.2, 0.25) is 5.28 Å². The second-order valence-corrected chi connectivity index (χ2v) is 5.39. The first-order chi connectivity index (χ1) is 6.78. The van der Waals surface area contributed by atoms with Gasteiger partial charge in [0, 0.05) is 25.4 Å². The second-order valence-electron chi connectivity index (χ2n) is 5.05. The number of hydrogen-bond acceptors (Lipinski definition) is 3. The zero-order chi connectivity index (χ0) is 11.6. The van der Waals surface area contributed by atoms with Crippen molar-refractivity contribution in [1.29, 1.82) is 0 Å². The van der Waals surface area contributed by atoms with Crippen molar-refractivity contribution in [2.45, 2.75) is 27.7 Å². The molecule has 1 aromatic rings. The molecule has 4 heteroatoms. The summed E-state index contributed by atoms with van der Waals surface area (Å²) in [5.41, 5.74) is 1.13. The maximum absolute atomic E-state index is 5.82. The lowest BCUT2D eigenvalue weighted by Crippen LogP contribution is -2.29. The minimum Gasteiger partial charge on any atom is -0.359 e. The van der Waals surface area contributed by atoms with E-state index >= 15 is 0 Å². The van der Waals surface area contributed by atoms with E-state index in [4.69, 9.17) is 11.6 Å². The van der Waals surface area contributed by atoms with E-state index < -0.39 is 0 Å². The number of halogens is 1. The fourth-order valence-electron chi connectivity index (χ4n) is 1.50. The highest BCUT2D eigenvalue weighted by atomic mass is 35.5. The second kappa shape index (κ2) is 4.35. The predicted octanol–water partition coefficient (Wildman–Crippen LogP) is 2.92. The molecule has 0 radical (unpaired) electrons. The van der Waals surface area contributed by atoms with Crippen molar-refractivity contribution in [3.05, 3.63) is 17.0 Å². The Bertz CT molecular complexity index is 324. The number of aryl methyl sites for hydroxylation is 1. The van der Waals surface area contributed by atoms with Crippen LogP contribution in [0.2, 0.25) is 5.28 Å². The first kappa shape index (κ1) is 12.2. The molecule has 0 aliphatic heterocycles. The van der Waals surface area contributed by atoms with Crippen LogP contribution in [0.4, 0.5) is 5.82 Å². The van der Waals surface area contributed by atoms with E-state index in [1.54, 1.807) is 0 Å². The molecule has 1 heterocycles. The smallest absolute Gasteiger partial charge is 0.224 e. The number of aromatic nitrogens is 2. The van der Waals surface area contributed by atoms with Crippen LogP contribution in [0.15, 0.2) is 6.07 Å². The molecule has 1 aromatic heterocycles. The third kappa shape index (κ3) is 4.04. The average Bonchev–Trinajstić information content (AvgIpc) is 1.98. The van der Waals surface area contributed by atoms with Gasteiger partial charge in [0.25, 0.3) is 0 Å².